The van der Waals surface area contributed by atoms with Gasteiger partial charge in [-0.1, -0.05) is 38.1 Å². The molecule has 4 aliphatic rings. The third-order valence-electron chi connectivity index (χ3n) is 12.4. The van der Waals surface area contributed by atoms with Crippen molar-refractivity contribution in [1.29, 1.82) is 0 Å². The van der Waals surface area contributed by atoms with E-state index in [0.717, 1.165) is 44.4 Å². The summed E-state index contributed by atoms with van der Waals surface area (Å²) < 4.78 is 50.6. The Kier molecular flexibility index (Phi) is 12.7. The minimum Gasteiger partial charge on any atom is -0.481 e. The highest BCUT2D eigenvalue weighted by atomic mass is 32.2. The molecule has 4 N–H and O–H groups in total. The number of nitrogens with one attached hydrogen (secondary N) is 3. The first-order valence-electron chi connectivity index (χ1n) is 19.2. The third-order valence-corrected chi connectivity index (χ3v) is 15.8. The lowest BCUT2D eigenvalue weighted by Gasteiger charge is -2.25. The van der Waals surface area contributed by atoms with Crippen LogP contribution >= 0.6 is 22.7 Å². The Morgan fingerprint density at radius 1 is 0.737 bits per heavy atom. The number of hydrogen-bond donors (Lipinski definition) is 4. The molecule has 1 amide bonds. The van der Waals surface area contributed by atoms with Crippen LogP contribution in [0.1, 0.15) is 58.7 Å². The number of carboxylic acid groups (broad SMARTS) is 1. The molecule has 0 radical (unpaired) electrons. The van der Waals surface area contributed by atoms with Crippen LogP contribution in [0.15, 0.2) is 71.4 Å². The molecule has 15 heteroatoms. The van der Waals surface area contributed by atoms with Crippen molar-refractivity contribution in [3.05, 3.63) is 103 Å². The van der Waals surface area contributed by atoms with E-state index >= 15 is 0 Å². The van der Waals surface area contributed by atoms with Crippen molar-refractivity contribution in [2.45, 2.75) is 64.2 Å². The van der Waals surface area contributed by atoms with E-state index < -0.39 is 26.0 Å². The Labute approximate surface area is 345 Å². The zero-order chi connectivity index (χ0) is 41.3. The molecule has 4 atom stereocenters. The van der Waals surface area contributed by atoms with Gasteiger partial charge in [0.15, 0.2) is 0 Å². The molecule has 4 unspecified atom stereocenters. The minimum absolute atomic E-state index is 0.0241. The van der Waals surface area contributed by atoms with Gasteiger partial charge in [-0.3, -0.25) is 19.0 Å². The number of piperidine rings is 2. The van der Waals surface area contributed by atoms with Gasteiger partial charge in [-0.2, -0.15) is 0 Å². The first kappa shape index (κ1) is 42.8. The zero-order valence-corrected chi connectivity index (χ0v) is 36.6. The molecule has 2 aromatic heterocycles. The second kappa shape index (κ2) is 16.8. The van der Waals surface area contributed by atoms with Gasteiger partial charge in [-0.15, -0.1) is 22.7 Å². The molecule has 2 saturated heterocycles. The fourth-order valence-corrected chi connectivity index (χ4v) is 11.9. The van der Waals surface area contributed by atoms with Crippen molar-refractivity contribution >= 4 is 66.0 Å². The highest BCUT2D eigenvalue weighted by Crippen LogP contribution is 2.64. The fraction of sp³-hybridized carbons (Fsp3) is 0.476. The molecular formula is C42H54N4O7S4. The summed E-state index contributed by atoms with van der Waals surface area (Å²) in [6.07, 6.45) is 4.64. The molecule has 57 heavy (non-hydrogen) atoms. The van der Waals surface area contributed by atoms with Crippen molar-refractivity contribution in [2.75, 3.05) is 48.1 Å². The number of carboxylic acids is 1. The normalized spacial score (nSPS) is 25.5. The topological polar surface area (TPSA) is 162 Å². The molecule has 4 fully saturated rings. The molecule has 0 spiro atoms. The van der Waals surface area contributed by atoms with Crippen LogP contribution in [-0.4, -0.2) is 77.4 Å². The zero-order valence-electron chi connectivity index (χ0n) is 33.4. The summed E-state index contributed by atoms with van der Waals surface area (Å²) in [5.74, 6) is 1.83. The molecule has 0 bridgehead atoms. The lowest BCUT2D eigenvalue weighted by atomic mass is 9.92. The van der Waals surface area contributed by atoms with Crippen LogP contribution in [0, 0.1) is 37.5 Å². The number of rotatable bonds is 12. The van der Waals surface area contributed by atoms with Crippen LogP contribution in [0.3, 0.4) is 0 Å². The maximum Gasteiger partial charge on any atom is 0.303 e. The molecule has 2 aliphatic heterocycles. The van der Waals surface area contributed by atoms with Gasteiger partial charge in [0, 0.05) is 51.5 Å². The van der Waals surface area contributed by atoms with Crippen molar-refractivity contribution < 1.29 is 31.5 Å². The van der Waals surface area contributed by atoms with Crippen LogP contribution in [-0.2, 0) is 53.3 Å². The van der Waals surface area contributed by atoms with Crippen molar-refractivity contribution in [2.24, 2.45) is 23.7 Å². The number of hydrogen-bond acceptors (Lipinski definition) is 9. The number of likely N-dealkylation sites (tertiary alicyclic amines) is 1. The maximum atomic E-state index is 12.6. The molecule has 4 aromatic rings. The maximum absolute atomic E-state index is 12.6. The Morgan fingerprint density at radius 3 is 1.58 bits per heavy atom. The molecular weight excluding hydrogens is 801 g/mol. The average Bonchev–Trinajstić information content (AvgIpc) is 3.63. The smallest absolute Gasteiger partial charge is 0.303 e. The fourth-order valence-electron chi connectivity index (χ4n) is 8.93. The summed E-state index contributed by atoms with van der Waals surface area (Å²) in [6, 6.07) is 19.6. The molecule has 11 nitrogen and oxygen atoms in total. The van der Waals surface area contributed by atoms with Crippen LogP contribution in [0.25, 0.3) is 0 Å². The van der Waals surface area contributed by atoms with E-state index in [4.69, 9.17) is 5.11 Å². The molecule has 8 rings (SSSR count). The summed E-state index contributed by atoms with van der Waals surface area (Å²) in [6.45, 7) is 12.4. The molecule has 308 valence electrons. The van der Waals surface area contributed by atoms with E-state index in [-0.39, 0.29) is 23.2 Å². The SMILES string of the molecule is CC1(c2cccc(NS(C)(=O)=O)c2)C2CNCC21.Cc1ccsc1CCC(=O)N1CC2C(C1)C2(C)c1cccc(NS(C)(=O)=O)c1.Cc1ccsc1CCC(=O)O. The Balaban J connectivity index is 0.000000161. The van der Waals surface area contributed by atoms with Gasteiger partial charge in [0.2, 0.25) is 26.0 Å². The lowest BCUT2D eigenvalue weighted by molar-refractivity contribution is -0.137. The van der Waals surface area contributed by atoms with Crippen LogP contribution in [0.5, 0.6) is 0 Å². The summed E-state index contributed by atoms with van der Waals surface area (Å²) in [5, 5.41) is 15.9. The first-order valence-corrected chi connectivity index (χ1v) is 24.8. The number of sulfonamides is 2. The molecule has 2 aliphatic carbocycles. The van der Waals surface area contributed by atoms with Gasteiger partial charge in [-0.05, 0) is 133 Å². The number of aryl methyl sites for hydroxylation is 4. The van der Waals surface area contributed by atoms with Crippen LogP contribution in [0.2, 0.25) is 0 Å². The number of thiophene rings is 2. The number of fused-ring (bicyclic) bond motifs is 2. The second-order valence-electron chi connectivity index (χ2n) is 16.3. The Bertz CT molecular complexity index is 2300. The largest absolute Gasteiger partial charge is 0.481 e. The van der Waals surface area contributed by atoms with E-state index in [1.165, 1.54) is 32.7 Å². The predicted molar refractivity (Wildman–Crippen MR) is 230 cm³/mol. The monoisotopic (exact) mass is 854 g/mol. The van der Waals surface area contributed by atoms with E-state index in [1.54, 1.807) is 34.8 Å². The standard InChI is InChI=1S/C21H26N2O3S2.C13H18N2O2S.C8H10O2S/c1-14-9-10-27-19(14)7-8-20(24)23-12-17-18(13-23)21(17,2)15-5-4-6-16(11-15)22-28(3,25)26;1-13(11-7-14-8-12(11)13)9-4-3-5-10(6-9)15-18(2,16)17;1-6-4-5-11-7(6)2-3-8(9)10/h4-6,9-11,17-18,22H,7-8,12-13H2,1-3H3;3-6,11-12,14-15H,7-8H2,1-2H3;4-5H,2-3H2,1H3,(H,9,10). The van der Waals surface area contributed by atoms with Crippen molar-refractivity contribution in [1.82, 2.24) is 10.2 Å². The van der Waals surface area contributed by atoms with Crippen molar-refractivity contribution in [3.63, 3.8) is 0 Å². The van der Waals surface area contributed by atoms with E-state index in [9.17, 15) is 26.4 Å². The summed E-state index contributed by atoms with van der Waals surface area (Å²) in [5.41, 5.74) is 6.38. The predicted octanol–water partition coefficient (Wildman–Crippen LogP) is 6.65. The minimum atomic E-state index is -3.29. The van der Waals surface area contributed by atoms with Crippen molar-refractivity contribution in [3.8, 4) is 0 Å². The van der Waals surface area contributed by atoms with E-state index in [1.807, 2.05) is 47.5 Å². The second-order valence-corrected chi connectivity index (χ2v) is 21.8. The van der Waals surface area contributed by atoms with Gasteiger partial charge in [-0.25, -0.2) is 16.8 Å². The van der Waals surface area contributed by atoms with Gasteiger partial charge < -0.3 is 15.3 Å². The number of carbonyl (C=O) groups is 2. The number of nitrogens with zero attached hydrogens (tertiary/aromatic N) is 1. The Morgan fingerprint density at radius 2 is 1.18 bits per heavy atom. The van der Waals surface area contributed by atoms with E-state index in [2.05, 4.69) is 59.1 Å². The summed E-state index contributed by atoms with van der Waals surface area (Å²) in [7, 11) is -6.49. The molecule has 2 saturated carbocycles. The van der Waals surface area contributed by atoms with Gasteiger partial charge in [0.25, 0.3) is 0 Å². The first-order chi connectivity index (χ1) is 26.8. The number of amides is 1. The third kappa shape index (κ3) is 10.1. The average molecular weight is 855 g/mol. The lowest BCUT2D eigenvalue weighted by Crippen LogP contribution is -2.34. The number of aliphatic carboxylic acids is 1. The highest BCUT2D eigenvalue weighted by molar-refractivity contribution is 7.92. The summed E-state index contributed by atoms with van der Waals surface area (Å²) in [4.78, 5) is 27.3. The quantitative estimate of drug-likeness (QED) is 0.123. The summed E-state index contributed by atoms with van der Waals surface area (Å²) >= 11 is 3.35. The number of benzene rings is 2. The van der Waals surface area contributed by atoms with Crippen LogP contribution in [0.4, 0.5) is 11.4 Å². The van der Waals surface area contributed by atoms with Crippen LogP contribution < -0.4 is 14.8 Å². The Hall–Kier alpha value is -3.76. The highest BCUT2D eigenvalue weighted by Gasteiger charge is 2.66. The molecule has 4 heterocycles. The molecule has 2 aromatic carbocycles. The van der Waals surface area contributed by atoms with Gasteiger partial charge >= 0.3 is 5.97 Å². The number of carbonyl (C=O) groups excluding carboxylic acids is 1. The van der Waals surface area contributed by atoms with Gasteiger partial charge in [0.05, 0.1) is 18.9 Å². The van der Waals surface area contributed by atoms with E-state index in [0.29, 0.717) is 47.9 Å². The number of anilines is 2. The van der Waals surface area contributed by atoms with Gasteiger partial charge in [0.1, 0.15) is 0 Å².